The van der Waals surface area contributed by atoms with Crippen LogP contribution in [0.2, 0.25) is 0 Å². The molecule has 0 heterocycles. The third-order valence-electron chi connectivity index (χ3n) is 3.04. The van der Waals surface area contributed by atoms with Gasteiger partial charge in [0.05, 0.1) is 0 Å². The zero-order valence-electron chi connectivity index (χ0n) is 12.3. The van der Waals surface area contributed by atoms with Gasteiger partial charge in [-0.3, -0.25) is 0 Å². The first-order valence-electron chi connectivity index (χ1n) is 6.78. The molecule has 106 valence electrons. The van der Waals surface area contributed by atoms with Crippen LogP contribution in [0.25, 0.3) is 12.2 Å². The highest BCUT2D eigenvalue weighted by Gasteiger charge is 2.10. The molecule has 0 N–H and O–H groups in total. The van der Waals surface area contributed by atoms with Crippen LogP contribution in [0.1, 0.15) is 23.6 Å². The van der Waals surface area contributed by atoms with Gasteiger partial charge < -0.3 is 4.74 Å². The largest absolute Gasteiger partial charge is 0.422 e. The Kier molecular flexibility index (Phi) is 4.72. The van der Waals surface area contributed by atoms with E-state index in [0.29, 0.717) is 11.3 Å². The van der Waals surface area contributed by atoms with E-state index in [1.807, 2.05) is 67.6 Å². The molecule has 0 amide bonds. The lowest BCUT2D eigenvalue weighted by atomic mass is 10.1. The van der Waals surface area contributed by atoms with E-state index >= 15 is 0 Å². The smallest absolute Gasteiger partial charge is 0.338 e. The van der Waals surface area contributed by atoms with Crippen LogP contribution in [0, 0.1) is 6.92 Å². The van der Waals surface area contributed by atoms with Crippen molar-refractivity contribution >= 4 is 18.1 Å². The van der Waals surface area contributed by atoms with E-state index in [-0.39, 0.29) is 0 Å². The van der Waals surface area contributed by atoms with E-state index in [4.69, 9.17) is 4.74 Å². The Labute approximate surface area is 125 Å². The van der Waals surface area contributed by atoms with Gasteiger partial charge in [-0.05, 0) is 25.0 Å². The van der Waals surface area contributed by atoms with Crippen LogP contribution < -0.4 is 4.74 Å². The van der Waals surface area contributed by atoms with Crippen molar-refractivity contribution in [2.45, 2.75) is 13.8 Å². The molecule has 0 radical (unpaired) electrons. The van der Waals surface area contributed by atoms with Gasteiger partial charge in [-0.15, -0.1) is 0 Å². The van der Waals surface area contributed by atoms with Crippen molar-refractivity contribution in [2.24, 2.45) is 0 Å². The molecule has 0 fully saturated rings. The van der Waals surface area contributed by atoms with E-state index in [2.05, 4.69) is 6.58 Å². The predicted molar refractivity (Wildman–Crippen MR) is 87.0 cm³/mol. The maximum absolute atomic E-state index is 11.7. The zero-order valence-corrected chi connectivity index (χ0v) is 12.3. The molecule has 0 bridgehead atoms. The Morgan fingerprint density at radius 2 is 1.76 bits per heavy atom. The molecule has 2 nitrogen and oxygen atoms in total. The molecule has 2 heteroatoms. The molecule has 0 aliphatic rings. The third-order valence-corrected chi connectivity index (χ3v) is 3.04. The van der Waals surface area contributed by atoms with Crippen molar-refractivity contribution in [1.82, 2.24) is 0 Å². The summed E-state index contributed by atoms with van der Waals surface area (Å²) in [7, 11) is 0. The van der Waals surface area contributed by atoms with Crippen LogP contribution >= 0.6 is 0 Å². The van der Waals surface area contributed by atoms with Crippen molar-refractivity contribution in [2.75, 3.05) is 0 Å². The summed E-state index contributed by atoms with van der Waals surface area (Å²) in [5, 5.41) is 0. The Balaban J connectivity index is 2.31. The number of hydrogen-bond donors (Lipinski definition) is 0. The number of ether oxygens (including phenoxy) is 1. The first kappa shape index (κ1) is 14.8. The lowest BCUT2D eigenvalue weighted by Gasteiger charge is -2.10. The van der Waals surface area contributed by atoms with Crippen molar-refractivity contribution < 1.29 is 9.53 Å². The summed E-state index contributed by atoms with van der Waals surface area (Å²) >= 11 is 0. The molecule has 21 heavy (non-hydrogen) atoms. The molecule has 0 unspecified atom stereocenters. The molecule has 0 spiro atoms. The maximum atomic E-state index is 11.7. The predicted octanol–water partition coefficient (Wildman–Crippen LogP) is 4.65. The van der Waals surface area contributed by atoms with E-state index in [9.17, 15) is 4.79 Å². The molecular formula is C19H18O2. The second-order valence-electron chi connectivity index (χ2n) is 4.91. The van der Waals surface area contributed by atoms with Crippen LogP contribution in [-0.2, 0) is 4.79 Å². The SMILES string of the molecule is C=C(C)C(=O)Oc1c(C)cccc1/C=C/c1ccccc1. The fourth-order valence-electron chi connectivity index (χ4n) is 1.88. The summed E-state index contributed by atoms with van der Waals surface area (Å²) in [6, 6.07) is 15.8. The Bertz CT molecular complexity index is 682. The van der Waals surface area contributed by atoms with Crippen molar-refractivity contribution in [1.29, 1.82) is 0 Å². The first-order chi connectivity index (χ1) is 10.1. The lowest BCUT2D eigenvalue weighted by molar-refractivity contribution is -0.130. The Hall–Kier alpha value is -2.61. The summed E-state index contributed by atoms with van der Waals surface area (Å²) in [5.41, 5.74) is 3.26. The number of benzene rings is 2. The number of hydrogen-bond acceptors (Lipinski definition) is 2. The number of esters is 1. The van der Waals surface area contributed by atoms with E-state index in [1.165, 1.54) is 0 Å². The standard InChI is InChI=1S/C19H18O2/c1-14(2)19(20)21-18-15(3)8-7-11-17(18)13-12-16-9-5-4-6-10-16/h4-13H,1H2,2-3H3/b13-12+. The highest BCUT2D eigenvalue weighted by Crippen LogP contribution is 2.26. The normalized spacial score (nSPS) is 10.6. The van der Waals surface area contributed by atoms with Gasteiger partial charge in [0.25, 0.3) is 0 Å². The summed E-state index contributed by atoms with van der Waals surface area (Å²) < 4.78 is 5.44. The van der Waals surface area contributed by atoms with Crippen LogP contribution in [-0.4, -0.2) is 5.97 Å². The average molecular weight is 278 g/mol. The monoisotopic (exact) mass is 278 g/mol. The average Bonchev–Trinajstić information content (AvgIpc) is 2.48. The van der Waals surface area contributed by atoms with Crippen molar-refractivity contribution in [3.8, 4) is 5.75 Å². The molecule has 2 aromatic carbocycles. The van der Waals surface area contributed by atoms with Crippen LogP contribution in [0.3, 0.4) is 0 Å². The number of rotatable bonds is 4. The Morgan fingerprint density at radius 1 is 1.05 bits per heavy atom. The fourth-order valence-corrected chi connectivity index (χ4v) is 1.88. The van der Waals surface area contributed by atoms with Gasteiger partial charge in [-0.2, -0.15) is 0 Å². The topological polar surface area (TPSA) is 26.3 Å². The number of para-hydroxylation sites is 1. The summed E-state index contributed by atoms with van der Waals surface area (Å²) in [5.74, 6) is 0.177. The van der Waals surface area contributed by atoms with Crippen molar-refractivity contribution in [3.63, 3.8) is 0 Å². The molecule has 0 aromatic heterocycles. The van der Waals surface area contributed by atoms with Crippen LogP contribution in [0.15, 0.2) is 60.7 Å². The highest BCUT2D eigenvalue weighted by atomic mass is 16.5. The minimum Gasteiger partial charge on any atom is -0.422 e. The zero-order chi connectivity index (χ0) is 15.2. The third kappa shape index (κ3) is 3.93. The molecule has 0 saturated heterocycles. The number of carbonyl (C=O) groups excluding carboxylic acids is 1. The van der Waals surface area contributed by atoms with Crippen LogP contribution in [0.4, 0.5) is 0 Å². The summed E-state index contributed by atoms with van der Waals surface area (Å²) in [6.45, 7) is 7.17. The molecule has 0 aliphatic carbocycles. The van der Waals surface area contributed by atoms with E-state index < -0.39 is 5.97 Å². The molecule has 0 aliphatic heterocycles. The van der Waals surface area contributed by atoms with Crippen LogP contribution in [0.5, 0.6) is 5.75 Å². The minimum absolute atomic E-state index is 0.385. The minimum atomic E-state index is -0.404. The van der Waals surface area contributed by atoms with E-state index in [0.717, 1.165) is 16.7 Å². The molecule has 0 saturated carbocycles. The van der Waals surface area contributed by atoms with E-state index in [1.54, 1.807) is 6.92 Å². The molecule has 2 aromatic rings. The second-order valence-corrected chi connectivity index (χ2v) is 4.91. The van der Waals surface area contributed by atoms with Gasteiger partial charge in [0.2, 0.25) is 0 Å². The van der Waals surface area contributed by atoms with Gasteiger partial charge in [-0.25, -0.2) is 4.79 Å². The first-order valence-corrected chi connectivity index (χ1v) is 6.78. The van der Waals surface area contributed by atoms with Gasteiger partial charge in [0.15, 0.2) is 0 Å². The fraction of sp³-hybridized carbons (Fsp3) is 0.105. The number of aryl methyl sites for hydroxylation is 1. The van der Waals surface area contributed by atoms with Gasteiger partial charge >= 0.3 is 5.97 Å². The van der Waals surface area contributed by atoms with Gasteiger partial charge in [-0.1, -0.05) is 67.3 Å². The molecular weight excluding hydrogens is 260 g/mol. The molecule has 2 rings (SSSR count). The van der Waals surface area contributed by atoms with Gasteiger partial charge in [0.1, 0.15) is 5.75 Å². The van der Waals surface area contributed by atoms with Crippen molar-refractivity contribution in [3.05, 3.63) is 77.4 Å². The quantitative estimate of drug-likeness (QED) is 0.352. The molecule has 0 atom stereocenters. The maximum Gasteiger partial charge on any atom is 0.338 e. The number of carbonyl (C=O) groups is 1. The second kappa shape index (κ2) is 6.71. The summed E-state index contributed by atoms with van der Waals surface area (Å²) in [4.78, 5) is 11.7. The highest BCUT2D eigenvalue weighted by molar-refractivity contribution is 5.90. The lowest BCUT2D eigenvalue weighted by Crippen LogP contribution is -2.10. The summed E-state index contributed by atoms with van der Waals surface area (Å²) in [6.07, 6.45) is 3.94. The van der Waals surface area contributed by atoms with Gasteiger partial charge in [0, 0.05) is 11.1 Å². The Morgan fingerprint density at radius 3 is 2.43 bits per heavy atom.